The molecule has 0 saturated carbocycles. The molecule has 102 valence electrons. The van der Waals surface area contributed by atoms with Crippen molar-refractivity contribution >= 4 is 12.2 Å². The molecule has 0 aliphatic carbocycles. The van der Waals surface area contributed by atoms with E-state index >= 15 is 0 Å². The number of amides is 2. The summed E-state index contributed by atoms with van der Waals surface area (Å²) in [6.45, 7) is 1.99. The minimum Gasteiger partial charge on any atom is -0.453 e. The van der Waals surface area contributed by atoms with Crippen LogP contribution in [-0.2, 0) is 9.47 Å². The van der Waals surface area contributed by atoms with Crippen LogP contribution in [0.3, 0.4) is 0 Å². The lowest BCUT2D eigenvalue weighted by Crippen LogP contribution is -2.30. The van der Waals surface area contributed by atoms with Gasteiger partial charge in [0.1, 0.15) is 0 Å². The summed E-state index contributed by atoms with van der Waals surface area (Å²) in [5.41, 5.74) is 0. The van der Waals surface area contributed by atoms with Gasteiger partial charge in [-0.1, -0.05) is 0 Å². The molecule has 0 aromatic carbocycles. The van der Waals surface area contributed by atoms with Crippen molar-refractivity contribution in [3.63, 3.8) is 0 Å². The predicted molar refractivity (Wildman–Crippen MR) is 59.6 cm³/mol. The third-order valence-electron chi connectivity index (χ3n) is 1.29. The Morgan fingerprint density at radius 1 is 1.18 bits per heavy atom. The van der Waals surface area contributed by atoms with Gasteiger partial charge in [0.05, 0.1) is 26.9 Å². The Labute approximate surface area is 99.9 Å². The van der Waals surface area contributed by atoms with Crippen molar-refractivity contribution in [2.75, 3.05) is 33.9 Å². The van der Waals surface area contributed by atoms with E-state index in [2.05, 4.69) is 20.1 Å². The standard InChI is InChI=1S/C5H11NO3.C4H9NO3/c1-4(7)3-6-5(8)9-2;1-8-4(7)5-2-3-6/h4,7H,3H2,1-2H3,(H,6,8);6H,2-3H2,1H3,(H,5,7)/t4-;/m0./s1. The summed E-state index contributed by atoms with van der Waals surface area (Å²) < 4.78 is 8.43. The Morgan fingerprint density at radius 3 is 2.00 bits per heavy atom. The van der Waals surface area contributed by atoms with Crippen molar-refractivity contribution in [2.45, 2.75) is 13.0 Å². The number of carbonyl (C=O) groups excluding carboxylic acids is 2. The second-order valence-corrected chi connectivity index (χ2v) is 2.86. The molecule has 2 amide bonds. The molecular weight excluding hydrogens is 232 g/mol. The molecule has 0 unspecified atom stereocenters. The van der Waals surface area contributed by atoms with Gasteiger partial charge in [-0.2, -0.15) is 0 Å². The first-order valence-corrected chi connectivity index (χ1v) is 4.90. The Bertz CT molecular complexity index is 210. The molecular formula is C9H20N2O6. The van der Waals surface area contributed by atoms with E-state index in [9.17, 15) is 9.59 Å². The fourth-order valence-electron chi connectivity index (χ4n) is 0.533. The highest BCUT2D eigenvalue weighted by molar-refractivity contribution is 5.67. The lowest BCUT2D eigenvalue weighted by atomic mass is 10.4. The average Bonchev–Trinajstić information content (AvgIpc) is 2.33. The molecule has 4 N–H and O–H groups in total. The Morgan fingerprint density at radius 2 is 1.65 bits per heavy atom. The molecule has 17 heavy (non-hydrogen) atoms. The number of carbonyl (C=O) groups is 2. The van der Waals surface area contributed by atoms with E-state index in [0.29, 0.717) is 0 Å². The van der Waals surface area contributed by atoms with Crippen LogP contribution in [0.4, 0.5) is 9.59 Å². The predicted octanol–water partition coefficient (Wildman–Crippen LogP) is -0.942. The lowest BCUT2D eigenvalue weighted by Gasteiger charge is -2.03. The van der Waals surface area contributed by atoms with Crippen LogP contribution in [0, 0.1) is 0 Å². The minimum absolute atomic E-state index is 0.0604. The molecule has 8 nitrogen and oxygen atoms in total. The van der Waals surface area contributed by atoms with Crippen molar-refractivity contribution in [2.24, 2.45) is 0 Å². The molecule has 0 spiro atoms. The largest absolute Gasteiger partial charge is 0.453 e. The highest BCUT2D eigenvalue weighted by atomic mass is 16.5. The summed E-state index contributed by atoms with van der Waals surface area (Å²) in [5.74, 6) is 0. The van der Waals surface area contributed by atoms with E-state index in [1.807, 2.05) is 0 Å². The molecule has 0 aliphatic heterocycles. The summed E-state index contributed by atoms with van der Waals surface area (Å²) in [4.78, 5) is 20.4. The SMILES string of the molecule is COC(=O)NCCO.COC(=O)NC[C@H](C)O. The smallest absolute Gasteiger partial charge is 0.406 e. The molecule has 1 atom stereocenters. The summed E-state index contributed by atoms with van der Waals surface area (Å²) in [7, 11) is 2.55. The van der Waals surface area contributed by atoms with E-state index < -0.39 is 18.3 Å². The molecule has 0 saturated heterocycles. The van der Waals surface area contributed by atoms with Gasteiger partial charge in [-0.05, 0) is 6.92 Å². The van der Waals surface area contributed by atoms with Crippen LogP contribution in [-0.4, -0.2) is 62.4 Å². The number of rotatable bonds is 4. The molecule has 0 heterocycles. The van der Waals surface area contributed by atoms with Crippen molar-refractivity contribution < 1.29 is 29.3 Å². The van der Waals surface area contributed by atoms with Crippen LogP contribution in [0.5, 0.6) is 0 Å². The molecule has 0 aromatic rings. The number of aliphatic hydroxyl groups is 2. The fraction of sp³-hybridized carbons (Fsp3) is 0.778. The summed E-state index contributed by atoms with van der Waals surface area (Å²) >= 11 is 0. The number of hydrogen-bond donors (Lipinski definition) is 4. The number of hydrogen-bond acceptors (Lipinski definition) is 6. The topological polar surface area (TPSA) is 117 Å². The zero-order chi connectivity index (χ0) is 13.7. The van der Waals surface area contributed by atoms with Gasteiger partial charge in [-0.25, -0.2) is 9.59 Å². The number of nitrogens with one attached hydrogen (secondary N) is 2. The molecule has 0 radical (unpaired) electrons. The Balaban J connectivity index is 0. The van der Waals surface area contributed by atoms with E-state index in [4.69, 9.17) is 10.2 Å². The maximum absolute atomic E-state index is 10.3. The molecule has 0 bridgehead atoms. The highest BCUT2D eigenvalue weighted by Crippen LogP contribution is 1.76. The number of ether oxygens (including phenoxy) is 2. The quantitative estimate of drug-likeness (QED) is 0.513. The molecule has 0 aromatic heterocycles. The molecule has 8 heteroatoms. The van der Waals surface area contributed by atoms with Crippen molar-refractivity contribution in [3.8, 4) is 0 Å². The third-order valence-corrected chi connectivity index (χ3v) is 1.29. The van der Waals surface area contributed by atoms with Crippen LogP contribution >= 0.6 is 0 Å². The molecule has 0 fully saturated rings. The van der Waals surface area contributed by atoms with Crippen molar-refractivity contribution in [1.82, 2.24) is 10.6 Å². The van der Waals surface area contributed by atoms with Gasteiger partial charge in [0.15, 0.2) is 0 Å². The monoisotopic (exact) mass is 252 g/mol. The van der Waals surface area contributed by atoms with Crippen molar-refractivity contribution in [1.29, 1.82) is 0 Å². The van der Waals surface area contributed by atoms with Crippen LogP contribution < -0.4 is 10.6 Å². The second kappa shape index (κ2) is 12.5. The van der Waals surface area contributed by atoms with Gasteiger partial charge in [-0.3, -0.25) is 0 Å². The number of methoxy groups -OCH3 is 2. The molecule has 0 aliphatic rings. The first-order valence-electron chi connectivity index (χ1n) is 4.90. The van der Waals surface area contributed by atoms with Crippen LogP contribution in [0.15, 0.2) is 0 Å². The Hall–Kier alpha value is -1.54. The number of alkyl carbamates (subject to hydrolysis) is 2. The first kappa shape index (κ1) is 17.8. The second-order valence-electron chi connectivity index (χ2n) is 2.86. The maximum atomic E-state index is 10.3. The lowest BCUT2D eigenvalue weighted by molar-refractivity contribution is 0.153. The van der Waals surface area contributed by atoms with Gasteiger partial charge < -0.3 is 30.3 Å². The van der Waals surface area contributed by atoms with Gasteiger partial charge in [0, 0.05) is 13.1 Å². The summed E-state index contributed by atoms with van der Waals surface area (Å²) in [5, 5.41) is 21.4. The van der Waals surface area contributed by atoms with Gasteiger partial charge in [0.2, 0.25) is 0 Å². The highest BCUT2D eigenvalue weighted by Gasteiger charge is 1.98. The van der Waals surface area contributed by atoms with Gasteiger partial charge in [0.25, 0.3) is 0 Å². The minimum atomic E-state index is -0.524. The first-order chi connectivity index (χ1) is 7.97. The Kier molecular flexibility index (Phi) is 13.2. The van der Waals surface area contributed by atoms with Crippen LogP contribution in [0.2, 0.25) is 0 Å². The summed E-state index contributed by atoms with van der Waals surface area (Å²) in [6.07, 6.45) is -1.56. The maximum Gasteiger partial charge on any atom is 0.406 e. The normalized spacial score (nSPS) is 10.4. The van der Waals surface area contributed by atoms with E-state index in [1.165, 1.54) is 14.2 Å². The van der Waals surface area contributed by atoms with Gasteiger partial charge in [-0.15, -0.1) is 0 Å². The van der Waals surface area contributed by atoms with Crippen LogP contribution in [0.1, 0.15) is 6.92 Å². The summed E-state index contributed by atoms with van der Waals surface area (Å²) in [6, 6.07) is 0. The molecule has 0 rings (SSSR count). The zero-order valence-corrected chi connectivity index (χ0v) is 10.2. The van der Waals surface area contributed by atoms with Gasteiger partial charge >= 0.3 is 12.2 Å². The van der Waals surface area contributed by atoms with Crippen molar-refractivity contribution in [3.05, 3.63) is 0 Å². The fourth-order valence-corrected chi connectivity index (χ4v) is 0.533. The van der Waals surface area contributed by atoms with E-state index in [0.717, 1.165) is 0 Å². The number of aliphatic hydroxyl groups excluding tert-OH is 2. The third kappa shape index (κ3) is 17.1. The van der Waals surface area contributed by atoms with E-state index in [-0.39, 0.29) is 19.7 Å². The zero-order valence-electron chi connectivity index (χ0n) is 10.2. The van der Waals surface area contributed by atoms with Crippen LogP contribution in [0.25, 0.3) is 0 Å². The average molecular weight is 252 g/mol. The van der Waals surface area contributed by atoms with E-state index in [1.54, 1.807) is 6.92 Å².